The van der Waals surface area contributed by atoms with E-state index in [1.165, 1.54) is 0 Å². The zero-order valence-electron chi connectivity index (χ0n) is 17.7. The van der Waals surface area contributed by atoms with E-state index in [1.807, 2.05) is 4.90 Å². The van der Waals surface area contributed by atoms with Crippen molar-refractivity contribution in [1.82, 2.24) is 20.0 Å². The predicted octanol–water partition coefficient (Wildman–Crippen LogP) is 1.71. The number of amides is 3. The van der Waals surface area contributed by atoms with Crippen molar-refractivity contribution in [3.8, 4) is 0 Å². The van der Waals surface area contributed by atoms with Crippen LogP contribution in [0.15, 0.2) is 23.1 Å². The number of carbonyl (C=O) groups excluding carboxylic acids is 2. The number of hydrogen-bond acceptors (Lipinski definition) is 5. The Bertz CT molecular complexity index is 1050. The van der Waals surface area contributed by atoms with Crippen LogP contribution in [0.25, 0.3) is 0 Å². The number of piperidine rings is 1. The molecule has 1 aromatic rings. The summed E-state index contributed by atoms with van der Waals surface area (Å²) in [5.74, 6) is -1.02. The molecule has 1 spiro atoms. The molecule has 182 valence electrons. The number of likely N-dealkylation sites (tertiary alicyclic amines) is 1. The third-order valence-corrected chi connectivity index (χ3v) is 7.88. The molecule has 1 aromatic carbocycles. The molecule has 0 atom stereocenters. The summed E-state index contributed by atoms with van der Waals surface area (Å²) in [6, 6.07) is 2.07. The molecule has 0 aliphatic carbocycles. The number of sulfone groups is 1. The van der Waals surface area contributed by atoms with Gasteiger partial charge in [0.25, 0.3) is 9.84 Å². The molecule has 3 saturated heterocycles. The minimum absolute atomic E-state index is 0.0123. The number of carbonyl (C=O) groups is 2. The Hall–Kier alpha value is -2.41. The molecule has 3 fully saturated rings. The quantitative estimate of drug-likeness (QED) is 0.649. The highest BCUT2D eigenvalue weighted by molar-refractivity contribution is 7.92. The second-order valence-corrected chi connectivity index (χ2v) is 10.7. The number of halogens is 4. The Balaban J connectivity index is 1.29. The highest BCUT2D eigenvalue weighted by atomic mass is 32.2. The third-order valence-electron chi connectivity index (χ3n) is 6.40. The van der Waals surface area contributed by atoms with Crippen LogP contribution < -0.4 is 5.32 Å². The number of rotatable bonds is 3. The Labute approximate surface area is 188 Å². The monoisotopic (exact) mass is 492 g/mol. The number of piperazine rings is 1. The number of alkyl halides is 3. The lowest BCUT2D eigenvalue weighted by molar-refractivity contribution is -0.128. The van der Waals surface area contributed by atoms with E-state index in [0.717, 1.165) is 25.0 Å². The van der Waals surface area contributed by atoms with Gasteiger partial charge >= 0.3 is 11.5 Å². The first-order valence-electron chi connectivity index (χ1n) is 10.6. The maximum atomic E-state index is 14.3. The molecule has 0 bridgehead atoms. The SMILES string of the molecule is O=C1CCCC2(CN(C(=O)N3CCN(Cc4ccc(S(=O)(=O)C(F)(F)F)cc4F)CC3)C2)N1. The van der Waals surface area contributed by atoms with Gasteiger partial charge in [-0.3, -0.25) is 9.69 Å². The van der Waals surface area contributed by atoms with E-state index in [1.54, 1.807) is 9.80 Å². The summed E-state index contributed by atoms with van der Waals surface area (Å²) in [5, 5.41) is 2.98. The van der Waals surface area contributed by atoms with Gasteiger partial charge in [0.2, 0.25) is 5.91 Å². The van der Waals surface area contributed by atoms with Gasteiger partial charge in [-0.2, -0.15) is 13.2 Å². The van der Waals surface area contributed by atoms with Gasteiger partial charge in [-0.1, -0.05) is 6.07 Å². The standard InChI is InChI=1S/C20H24F4N4O4S/c21-16-10-15(33(31,32)20(22,23)24)4-3-14(16)11-26-6-8-27(9-7-26)18(30)28-12-19(13-28)5-1-2-17(29)25-19/h3-4,10H,1-2,5-9,11-13H2,(H,25,29). The smallest absolute Gasteiger partial charge is 0.347 e. The van der Waals surface area contributed by atoms with Crippen molar-refractivity contribution >= 4 is 21.8 Å². The van der Waals surface area contributed by atoms with Crippen LogP contribution in [0, 0.1) is 5.82 Å². The van der Waals surface area contributed by atoms with Gasteiger partial charge in [0.05, 0.1) is 10.4 Å². The molecule has 33 heavy (non-hydrogen) atoms. The molecule has 3 aliphatic heterocycles. The van der Waals surface area contributed by atoms with E-state index in [2.05, 4.69) is 5.32 Å². The molecule has 1 N–H and O–H groups in total. The molecule has 0 radical (unpaired) electrons. The number of hydrogen-bond donors (Lipinski definition) is 1. The summed E-state index contributed by atoms with van der Waals surface area (Å²) in [6.07, 6.45) is 2.18. The van der Waals surface area contributed by atoms with Crippen molar-refractivity contribution in [3.05, 3.63) is 29.6 Å². The summed E-state index contributed by atoms with van der Waals surface area (Å²) < 4.78 is 75.2. The predicted molar refractivity (Wildman–Crippen MR) is 108 cm³/mol. The average molecular weight is 492 g/mol. The summed E-state index contributed by atoms with van der Waals surface area (Å²) in [5.41, 5.74) is -5.73. The maximum Gasteiger partial charge on any atom is 0.501 e. The minimum Gasteiger partial charge on any atom is -0.347 e. The maximum absolute atomic E-state index is 14.3. The molecular weight excluding hydrogens is 468 g/mol. The lowest BCUT2D eigenvalue weighted by Gasteiger charge is -2.53. The van der Waals surface area contributed by atoms with E-state index in [0.29, 0.717) is 51.8 Å². The van der Waals surface area contributed by atoms with E-state index in [4.69, 9.17) is 0 Å². The van der Waals surface area contributed by atoms with Crippen molar-refractivity contribution in [2.75, 3.05) is 39.3 Å². The molecule has 0 saturated carbocycles. The lowest BCUT2D eigenvalue weighted by atomic mass is 9.82. The van der Waals surface area contributed by atoms with Crippen LogP contribution in [-0.2, 0) is 21.2 Å². The normalized spacial score (nSPS) is 21.6. The van der Waals surface area contributed by atoms with Gasteiger partial charge in [0, 0.05) is 57.8 Å². The van der Waals surface area contributed by atoms with Gasteiger partial charge < -0.3 is 15.1 Å². The minimum atomic E-state index is -5.61. The molecule has 4 rings (SSSR count). The van der Waals surface area contributed by atoms with Crippen LogP contribution in [0.5, 0.6) is 0 Å². The summed E-state index contributed by atoms with van der Waals surface area (Å²) in [7, 11) is -5.61. The first-order chi connectivity index (χ1) is 15.4. The van der Waals surface area contributed by atoms with Crippen molar-refractivity contribution in [2.24, 2.45) is 0 Å². The first kappa shape index (κ1) is 23.7. The van der Waals surface area contributed by atoms with E-state index >= 15 is 0 Å². The van der Waals surface area contributed by atoms with Gasteiger partial charge in [-0.15, -0.1) is 0 Å². The van der Waals surface area contributed by atoms with Crippen LogP contribution in [0.4, 0.5) is 22.4 Å². The van der Waals surface area contributed by atoms with Crippen LogP contribution in [0.1, 0.15) is 24.8 Å². The van der Waals surface area contributed by atoms with Gasteiger partial charge in [-0.05, 0) is 25.0 Å². The fourth-order valence-corrected chi connectivity index (χ4v) is 5.33. The molecule has 0 unspecified atom stereocenters. The number of nitrogens with one attached hydrogen (secondary N) is 1. The van der Waals surface area contributed by atoms with Crippen LogP contribution in [0.3, 0.4) is 0 Å². The third kappa shape index (κ3) is 4.65. The molecule has 13 heteroatoms. The van der Waals surface area contributed by atoms with E-state index < -0.39 is 26.1 Å². The summed E-state index contributed by atoms with van der Waals surface area (Å²) in [4.78, 5) is 28.5. The second-order valence-electron chi connectivity index (χ2n) is 8.79. The number of nitrogens with zero attached hydrogens (tertiary/aromatic N) is 3. The summed E-state index contributed by atoms with van der Waals surface area (Å²) >= 11 is 0. The Kier molecular flexibility index (Phi) is 6.06. The Morgan fingerprint density at radius 3 is 2.33 bits per heavy atom. The number of urea groups is 1. The fourth-order valence-electron chi connectivity index (χ4n) is 4.56. The van der Waals surface area contributed by atoms with E-state index in [9.17, 15) is 35.6 Å². The molecule has 3 aliphatic rings. The first-order valence-corrected chi connectivity index (χ1v) is 12.1. The Morgan fingerprint density at radius 1 is 1.09 bits per heavy atom. The Morgan fingerprint density at radius 2 is 1.76 bits per heavy atom. The highest BCUT2D eigenvalue weighted by Gasteiger charge is 2.49. The molecule has 0 aromatic heterocycles. The highest BCUT2D eigenvalue weighted by Crippen LogP contribution is 2.32. The lowest BCUT2D eigenvalue weighted by Crippen LogP contribution is -2.74. The van der Waals surface area contributed by atoms with Gasteiger partial charge in [0.1, 0.15) is 5.82 Å². The zero-order valence-corrected chi connectivity index (χ0v) is 18.5. The number of benzene rings is 1. The van der Waals surface area contributed by atoms with Crippen molar-refractivity contribution in [2.45, 2.75) is 41.7 Å². The van der Waals surface area contributed by atoms with Crippen LogP contribution in [-0.4, -0.2) is 85.4 Å². The fraction of sp³-hybridized carbons (Fsp3) is 0.600. The topological polar surface area (TPSA) is 90.0 Å². The van der Waals surface area contributed by atoms with Gasteiger partial charge in [0.15, 0.2) is 0 Å². The zero-order chi connectivity index (χ0) is 24.0. The molecule has 3 amide bonds. The molecular formula is C20H24F4N4O4S. The van der Waals surface area contributed by atoms with Crippen LogP contribution >= 0.6 is 0 Å². The van der Waals surface area contributed by atoms with E-state index in [-0.39, 0.29) is 29.6 Å². The second kappa shape index (κ2) is 8.42. The average Bonchev–Trinajstić information content (AvgIpc) is 2.72. The van der Waals surface area contributed by atoms with Crippen molar-refractivity contribution < 1.29 is 35.6 Å². The summed E-state index contributed by atoms with van der Waals surface area (Å²) in [6.45, 7) is 2.71. The molecule has 3 heterocycles. The van der Waals surface area contributed by atoms with Gasteiger partial charge in [-0.25, -0.2) is 17.6 Å². The van der Waals surface area contributed by atoms with Crippen molar-refractivity contribution in [3.63, 3.8) is 0 Å². The molecule has 8 nitrogen and oxygen atoms in total. The van der Waals surface area contributed by atoms with Crippen molar-refractivity contribution in [1.29, 1.82) is 0 Å². The largest absolute Gasteiger partial charge is 0.501 e. The van der Waals surface area contributed by atoms with Crippen LogP contribution in [0.2, 0.25) is 0 Å².